The molecule has 1 saturated carbocycles. The fourth-order valence-electron chi connectivity index (χ4n) is 6.15. The van der Waals surface area contributed by atoms with Crippen LogP contribution in [0.4, 0.5) is 10.1 Å². The van der Waals surface area contributed by atoms with Gasteiger partial charge in [-0.2, -0.15) is 0 Å². The molecule has 1 atom stereocenters. The van der Waals surface area contributed by atoms with Crippen LogP contribution in [0.5, 0.6) is 0 Å². The molecule has 0 saturated heterocycles. The van der Waals surface area contributed by atoms with Crippen molar-refractivity contribution in [2.75, 3.05) is 10.8 Å². The molecule has 246 valence electrons. The van der Waals surface area contributed by atoms with E-state index >= 15 is 4.39 Å². The van der Waals surface area contributed by atoms with Crippen molar-refractivity contribution in [2.45, 2.75) is 75.9 Å². The van der Waals surface area contributed by atoms with E-state index in [1.54, 1.807) is 48.5 Å². The first kappa shape index (κ1) is 33.9. The normalized spacial score (nSPS) is 14.3. The highest BCUT2D eigenvalue weighted by Gasteiger charge is 2.36. The standard InChI is InChI=1S/C38H42FN3O4S/c1-28-15-14-24-35(29(28)2)42(47(45,46)33-21-10-5-11-22-33)27-37(43)41(26-31-18-12-13-23-34(31)39)36(25-30-16-6-3-7-17-30)38(44)40-32-19-8-4-9-20-32/h3,5-7,10-18,21-24,32,36H,4,8-9,19-20,25-27H2,1-2H3,(H,40,44)/t36-/m0/s1. The minimum absolute atomic E-state index is 0.0233. The number of rotatable bonds is 12. The number of nitrogens with zero attached hydrogens (tertiary/aromatic N) is 2. The zero-order valence-corrected chi connectivity index (χ0v) is 27.8. The first-order chi connectivity index (χ1) is 22.6. The summed E-state index contributed by atoms with van der Waals surface area (Å²) in [6.07, 6.45) is 5.00. The molecule has 0 spiro atoms. The van der Waals surface area contributed by atoms with Crippen molar-refractivity contribution in [1.29, 1.82) is 0 Å². The SMILES string of the molecule is Cc1cccc(N(CC(=O)N(Cc2ccccc2F)[C@@H](Cc2ccccc2)C(=O)NC2CCCCC2)S(=O)(=O)c2ccccc2)c1C. The average molecular weight is 656 g/mol. The molecule has 1 aliphatic carbocycles. The van der Waals surface area contributed by atoms with E-state index in [1.165, 1.54) is 23.1 Å². The van der Waals surface area contributed by atoms with E-state index in [1.807, 2.05) is 50.2 Å². The van der Waals surface area contributed by atoms with E-state index in [-0.39, 0.29) is 35.4 Å². The van der Waals surface area contributed by atoms with Crippen LogP contribution in [-0.2, 0) is 32.6 Å². The Morgan fingerprint density at radius 1 is 0.830 bits per heavy atom. The molecule has 47 heavy (non-hydrogen) atoms. The van der Waals surface area contributed by atoms with E-state index in [9.17, 15) is 18.0 Å². The predicted molar refractivity (Wildman–Crippen MR) is 183 cm³/mol. The van der Waals surface area contributed by atoms with Crippen molar-refractivity contribution in [1.82, 2.24) is 10.2 Å². The second-order valence-corrected chi connectivity index (χ2v) is 14.1. The lowest BCUT2D eigenvalue weighted by Gasteiger charge is -2.35. The van der Waals surface area contributed by atoms with Gasteiger partial charge in [0, 0.05) is 24.6 Å². The maximum absolute atomic E-state index is 15.2. The topological polar surface area (TPSA) is 86.8 Å². The minimum Gasteiger partial charge on any atom is -0.352 e. The number of benzene rings is 4. The molecule has 0 aliphatic heterocycles. The third kappa shape index (κ3) is 8.27. The fourth-order valence-corrected chi connectivity index (χ4v) is 7.64. The van der Waals surface area contributed by atoms with Crippen molar-refractivity contribution in [3.05, 3.63) is 131 Å². The monoisotopic (exact) mass is 655 g/mol. The van der Waals surface area contributed by atoms with E-state index < -0.39 is 34.3 Å². The predicted octanol–water partition coefficient (Wildman–Crippen LogP) is 6.73. The summed E-state index contributed by atoms with van der Waals surface area (Å²) >= 11 is 0. The van der Waals surface area contributed by atoms with Crippen LogP contribution in [0.3, 0.4) is 0 Å². The van der Waals surface area contributed by atoms with Gasteiger partial charge in [0.2, 0.25) is 11.8 Å². The number of amides is 2. The Kier molecular flexibility index (Phi) is 11.1. The molecule has 1 aliphatic rings. The number of carbonyl (C=O) groups is 2. The van der Waals surface area contributed by atoms with Gasteiger partial charge < -0.3 is 10.2 Å². The summed E-state index contributed by atoms with van der Waals surface area (Å²) in [7, 11) is -4.22. The van der Waals surface area contributed by atoms with Crippen molar-refractivity contribution < 1.29 is 22.4 Å². The third-order valence-corrected chi connectivity index (χ3v) is 10.7. The Balaban J connectivity index is 1.59. The highest BCUT2D eigenvalue weighted by molar-refractivity contribution is 7.92. The molecule has 0 bridgehead atoms. The number of sulfonamides is 1. The molecule has 7 nitrogen and oxygen atoms in total. The Bertz CT molecular complexity index is 1780. The van der Waals surface area contributed by atoms with Crippen LogP contribution in [0.1, 0.15) is 54.4 Å². The van der Waals surface area contributed by atoms with Crippen LogP contribution in [0.15, 0.2) is 108 Å². The summed E-state index contributed by atoms with van der Waals surface area (Å²) in [6.45, 7) is 2.89. The molecule has 4 aromatic rings. The number of carbonyl (C=O) groups excluding carboxylic acids is 2. The van der Waals surface area contributed by atoms with Gasteiger partial charge in [-0.15, -0.1) is 0 Å². The van der Waals surface area contributed by atoms with E-state index in [2.05, 4.69) is 5.32 Å². The maximum atomic E-state index is 15.2. The number of hydrogen-bond donors (Lipinski definition) is 1. The maximum Gasteiger partial charge on any atom is 0.264 e. The van der Waals surface area contributed by atoms with Crippen LogP contribution < -0.4 is 9.62 Å². The van der Waals surface area contributed by atoms with E-state index in [0.717, 1.165) is 47.5 Å². The number of halogens is 1. The van der Waals surface area contributed by atoms with Crippen LogP contribution >= 0.6 is 0 Å². The molecule has 0 heterocycles. The van der Waals surface area contributed by atoms with Crippen molar-refractivity contribution >= 4 is 27.5 Å². The fraction of sp³-hybridized carbons (Fsp3) is 0.316. The zero-order chi connectivity index (χ0) is 33.4. The minimum atomic E-state index is -4.22. The van der Waals surface area contributed by atoms with Gasteiger partial charge in [0.15, 0.2) is 0 Å². The van der Waals surface area contributed by atoms with Gasteiger partial charge in [-0.05, 0) is 67.6 Å². The van der Waals surface area contributed by atoms with Crippen molar-refractivity contribution in [3.8, 4) is 0 Å². The van der Waals surface area contributed by atoms with Crippen LogP contribution in [0, 0.1) is 19.7 Å². The lowest BCUT2D eigenvalue weighted by molar-refractivity contribution is -0.140. The Labute approximate surface area is 277 Å². The van der Waals surface area contributed by atoms with Crippen LogP contribution in [-0.4, -0.2) is 43.8 Å². The lowest BCUT2D eigenvalue weighted by Crippen LogP contribution is -2.55. The summed E-state index contributed by atoms with van der Waals surface area (Å²) in [5, 5.41) is 3.17. The molecule has 4 aromatic carbocycles. The summed E-state index contributed by atoms with van der Waals surface area (Å²) < 4.78 is 44.8. The largest absolute Gasteiger partial charge is 0.352 e. The van der Waals surface area contributed by atoms with Gasteiger partial charge in [-0.1, -0.05) is 98.1 Å². The van der Waals surface area contributed by atoms with Gasteiger partial charge in [-0.3, -0.25) is 13.9 Å². The molecule has 1 fully saturated rings. The Morgan fingerprint density at radius 3 is 2.15 bits per heavy atom. The quantitative estimate of drug-likeness (QED) is 0.184. The van der Waals surface area contributed by atoms with Crippen molar-refractivity contribution in [3.63, 3.8) is 0 Å². The average Bonchev–Trinajstić information content (AvgIpc) is 3.08. The summed E-state index contributed by atoms with van der Waals surface area (Å²) in [4.78, 5) is 30.2. The van der Waals surface area contributed by atoms with Gasteiger partial charge in [0.05, 0.1) is 10.6 Å². The smallest absolute Gasteiger partial charge is 0.264 e. The van der Waals surface area contributed by atoms with Crippen LogP contribution in [0.25, 0.3) is 0 Å². The second kappa shape index (κ2) is 15.4. The van der Waals surface area contributed by atoms with Crippen molar-refractivity contribution in [2.24, 2.45) is 0 Å². The zero-order valence-electron chi connectivity index (χ0n) is 26.9. The first-order valence-electron chi connectivity index (χ1n) is 16.2. The van der Waals surface area contributed by atoms with Gasteiger partial charge in [0.1, 0.15) is 18.4 Å². The second-order valence-electron chi connectivity index (χ2n) is 12.2. The number of hydrogen-bond acceptors (Lipinski definition) is 4. The third-order valence-electron chi connectivity index (χ3n) is 8.98. The highest BCUT2D eigenvalue weighted by atomic mass is 32.2. The number of anilines is 1. The molecule has 2 amide bonds. The Hall–Kier alpha value is -4.50. The molecule has 9 heteroatoms. The first-order valence-corrected chi connectivity index (χ1v) is 17.6. The molecule has 1 N–H and O–H groups in total. The Morgan fingerprint density at radius 2 is 1.47 bits per heavy atom. The number of nitrogens with one attached hydrogen (secondary N) is 1. The van der Waals surface area contributed by atoms with Gasteiger partial charge in [-0.25, -0.2) is 12.8 Å². The lowest BCUT2D eigenvalue weighted by atomic mass is 9.94. The summed E-state index contributed by atoms with van der Waals surface area (Å²) in [5.41, 5.74) is 2.98. The van der Waals surface area contributed by atoms with Gasteiger partial charge in [0.25, 0.3) is 10.0 Å². The molecule has 0 aromatic heterocycles. The van der Waals surface area contributed by atoms with E-state index in [4.69, 9.17) is 0 Å². The molecule has 0 radical (unpaired) electrons. The van der Waals surface area contributed by atoms with E-state index in [0.29, 0.717) is 11.3 Å². The highest BCUT2D eigenvalue weighted by Crippen LogP contribution is 2.29. The number of aryl methyl sites for hydroxylation is 1. The van der Waals surface area contributed by atoms with Crippen LogP contribution in [0.2, 0.25) is 0 Å². The summed E-state index contributed by atoms with van der Waals surface area (Å²) in [6, 6.07) is 27.7. The summed E-state index contributed by atoms with van der Waals surface area (Å²) in [5.74, 6) is -1.47. The molecule has 0 unspecified atom stereocenters. The molecular weight excluding hydrogens is 614 g/mol. The molecular formula is C38H42FN3O4S. The molecule has 5 rings (SSSR count). The van der Waals surface area contributed by atoms with Gasteiger partial charge >= 0.3 is 0 Å².